The molecular formula is C13H18BrClN2O. The predicted molar refractivity (Wildman–Crippen MR) is 78.1 cm³/mol. The predicted octanol–water partition coefficient (Wildman–Crippen LogP) is 2.52. The van der Waals surface area contributed by atoms with Gasteiger partial charge in [-0.25, -0.2) is 0 Å². The van der Waals surface area contributed by atoms with Crippen molar-refractivity contribution < 1.29 is 4.74 Å². The maximum absolute atomic E-state index is 6.25. The van der Waals surface area contributed by atoms with Crippen molar-refractivity contribution in [3.63, 3.8) is 0 Å². The average molecular weight is 334 g/mol. The summed E-state index contributed by atoms with van der Waals surface area (Å²) in [6.45, 7) is 4.49. The number of nitrogens with one attached hydrogen (secondary N) is 1. The molecule has 0 bridgehead atoms. The lowest BCUT2D eigenvalue weighted by atomic mass is 10.2. The zero-order valence-electron chi connectivity index (χ0n) is 10.5. The first-order valence-electron chi connectivity index (χ1n) is 6.11. The second kappa shape index (κ2) is 6.87. The van der Waals surface area contributed by atoms with Crippen molar-refractivity contribution in [1.82, 2.24) is 10.2 Å². The van der Waals surface area contributed by atoms with Gasteiger partial charge in [-0.05, 0) is 24.7 Å². The van der Waals surface area contributed by atoms with E-state index in [-0.39, 0.29) is 6.10 Å². The molecule has 18 heavy (non-hydrogen) atoms. The Bertz CT molecular complexity index is 401. The molecule has 100 valence electrons. The van der Waals surface area contributed by atoms with Crippen molar-refractivity contribution in [2.75, 3.05) is 33.3 Å². The highest BCUT2D eigenvalue weighted by molar-refractivity contribution is 9.10. The van der Waals surface area contributed by atoms with Gasteiger partial charge in [0.15, 0.2) is 0 Å². The molecule has 1 unspecified atom stereocenters. The van der Waals surface area contributed by atoms with Crippen molar-refractivity contribution in [2.24, 2.45) is 0 Å². The van der Waals surface area contributed by atoms with E-state index >= 15 is 0 Å². The van der Waals surface area contributed by atoms with Crippen molar-refractivity contribution in [3.8, 4) is 0 Å². The van der Waals surface area contributed by atoms with Crippen LogP contribution in [0.2, 0.25) is 5.02 Å². The van der Waals surface area contributed by atoms with Crippen LogP contribution in [0.4, 0.5) is 0 Å². The molecule has 1 N–H and O–H groups in total. The van der Waals surface area contributed by atoms with E-state index in [2.05, 4.69) is 32.2 Å². The molecule has 1 fully saturated rings. The van der Waals surface area contributed by atoms with Gasteiger partial charge in [-0.15, -0.1) is 0 Å². The van der Waals surface area contributed by atoms with E-state index in [1.54, 1.807) is 0 Å². The van der Waals surface area contributed by atoms with Crippen LogP contribution in [0.3, 0.4) is 0 Å². The summed E-state index contributed by atoms with van der Waals surface area (Å²) in [6, 6.07) is 6.06. The van der Waals surface area contributed by atoms with E-state index < -0.39 is 0 Å². The molecular weight excluding hydrogens is 316 g/mol. The molecule has 2 rings (SSSR count). The lowest BCUT2D eigenvalue weighted by Crippen LogP contribution is -2.45. The van der Waals surface area contributed by atoms with Gasteiger partial charge in [0, 0.05) is 35.7 Å². The van der Waals surface area contributed by atoms with Crippen LogP contribution in [0.1, 0.15) is 5.56 Å². The Morgan fingerprint density at radius 1 is 1.56 bits per heavy atom. The van der Waals surface area contributed by atoms with E-state index in [0.29, 0.717) is 0 Å². The molecule has 1 aromatic carbocycles. The van der Waals surface area contributed by atoms with E-state index in [4.69, 9.17) is 16.3 Å². The number of halogens is 2. The van der Waals surface area contributed by atoms with E-state index in [1.807, 2.05) is 19.2 Å². The van der Waals surface area contributed by atoms with Gasteiger partial charge in [0.25, 0.3) is 0 Å². The Morgan fingerprint density at radius 3 is 3.11 bits per heavy atom. The fraction of sp³-hybridized carbons (Fsp3) is 0.538. The number of rotatable bonds is 4. The second-order valence-corrected chi connectivity index (χ2v) is 5.84. The standard InChI is InChI=1S/C13H18BrClN2O/c1-16-7-12-9-17(4-5-18-12)8-10-2-3-11(14)6-13(10)15/h2-3,6,12,16H,4-5,7-9H2,1H3. The van der Waals surface area contributed by atoms with Crippen molar-refractivity contribution in [2.45, 2.75) is 12.6 Å². The highest BCUT2D eigenvalue weighted by Crippen LogP contribution is 2.23. The van der Waals surface area contributed by atoms with Gasteiger partial charge < -0.3 is 10.1 Å². The number of hydrogen-bond acceptors (Lipinski definition) is 3. The summed E-state index contributed by atoms with van der Waals surface area (Å²) in [7, 11) is 1.95. The molecule has 0 aliphatic carbocycles. The maximum atomic E-state index is 6.25. The number of benzene rings is 1. The first-order valence-corrected chi connectivity index (χ1v) is 7.28. The average Bonchev–Trinajstić information content (AvgIpc) is 2.34. The minimum atomic E-state index is 0.276. The van der Waals surface area contributed by atoms with Crippen molar-refractivity contribution in [3.05, 3.63) is 33.3 Å². The third kappa shape index (κ3) is 3.93. The zero-order valence-corrected chi connectivity index (χ0v) is 12.8. The topological polar surface area (TPSA) is 24.5 Å². The maximum Gasteiger partial charge on any atom is 0.0826 e. The summed E-state index contributed by atoms with van der Waals surface area (Å²) in [5.74, 6) is 0. The van der Waals surface area contributed by atoms with Crippen LogP contribution in [-0.4, -0.2) is 44.3 Å². The summed E-state index contributed by atoms with van der Waals surface area (Å²) in [4.78, 5) is 2.39. The third-order valence-corrected chi connectivity index (χ3v) is 3.91. The molecule has 0 amide bonds. The van der Waals surface area contributed by atoms with Gasteiger partial charge in [-0.1, -0.05) is 33.6 Å². The van der Waals surface area contributed by atoms with Crippen molar-refractivity contribution >= 4 is 27.5 Å². The van der Waals surface area contributed by atoms with Crippen LogP contribution in [0.25, 0.3) is 0 Å². The van der Waals surface area contributed by atoms with Gasteiger partial charge in [-0.3, -0.25) is 4.90 Å². The molecule has 0 spiro atoms. The molecule has 1 saturated heterocycles. The normalized spacial score (nSPS) is 21.2. The number of morpholine rings is 1. The Balaban J connectivity index is 1.96. The van der Waals surface area contributed by atoms with Crippen LogP contribution < -0.4 is 5.32 Å². The smallest absolute Gasteiger partial charge is 0.0826 e. The fourth-order valence-corrected chi connectivity index (χ4v) is 2.90. The molecule has 1 aliphatic rings. The highest BCUT2D eigenvalue weighted by Gasteiger charge is 2.20. The summed E-state index contributed by atoms with van der Waals surface area (Å²) < 4.78 is 6.71. The van der Waals surface area contributed by atoms with Gasteiger partial charge >= 0.3 is 0 Å². The Kier molecular flexibility index (Phi) is 5.45. The van der Waals surface area contributed by atoms with Gasteiger partial charge in [0.1, 0.15) is 0 Å². The largest absolute Gasteiger partial charge is 0.374 e. The number of nitrogens with zero attached hydrogens (tertiary/aromatic N) is 1. The Hall–Kier alpha value is -0.130. The summed E-state index contributed by atoms with van der Waals surface area (Å²) in [5, 5.41) is 3.98. The second-order valence-electron chi connectivity index (χ2n) is 4.52. The highest BCUT2D eigenvalue weighted by atomic mass is 79.9. The fourth-order valence-electron chi connectivity index (χ4n) is 2.17. The van der Waals surface area contributed by atoms with Gasteiger partial charge in [0.2, 0.25) is 0 Å². The monoisotopic (exact) mass is 332 g/mol. The van der Waals surface area contributed by atoms with E-state index in [9.17, 15) is 0 Å². The molecule has 1 aromatic rings. The molecule has 1 aliphatic heterocycles. The number of ether oxygens (including phenoxy) is 1. The van der Waals surface area contributed by atoms with Crippen LogP contribution in [0.5, 0.6) is 0 Å². The third-order valence-electron chi connectivity index (χ3n) is 3.06. The van der Waals surface area contributed by atoms with Gasteiger partial charge in [0.05, 0.1) is 12.7 Å². The number of hydrogen-bond donors (Lipinski definition) is 1. The molecule has 0 aromatic heterocycles. The number of likely N-dealkylation sites (N-methyl/N-ethyl adjacent to an activating group) is 1. The first kappa shape index (κ1) is 14.3. The quantitative estimate of drug-likeness (QED) is 0.916. The van der Waals surface area contributed by atoms with Crippen LogP contribution >= 0.6 is 27.5 Å². The Labute approximate surface area is 122 Å². The molecule has 1 heterocycles. The summed E-state index contributed by atoms with van der Waals surface area (Å²) in [6.07, 6.45) is 0.276. The first-order chi connectivity index (χ1) is 8.69. The summed E-state index contributed by atoms with van der Waals surface area (Å²) in [5.41, 5.74) is 1.17. The summed E-state index contributed by atoms with van der Waals surface area (Å²) >= 11 is 9.67. The molecule has 1 atom stereocenters. The molecule has 3 nitrogen and oxygen atoms in total. The van der Waals surface area contributed by atoms with Gasteiger partial charge in [-0.2, -0.15) is 0 Å². The molecule has 0 radical (unpaired) electrons. The van der Waals surface area contributed by atoms with Crippen LogP contribution in [-0.2, 0) is 11.3 Å². The SMILES string of the molecule is CNCC1CN(Cc2ccc(Br)cc2Cl)CCO1. The lowest BCUT2D eigenvalue weighted by Gasteiger charge is -2.33. The van der Waals surface area contributed by atoms with Crippen LogP contribution in [0, 0.1) is 0 Å². The molecule has 5 heteroatoms. The Morgan fingerprint density at radius 2 is 2.39 bits per heavy atom. The van der Waals surface area contributed by atoms with E-state index in [1.165, 1.54) is 5.56 Å². The van der Waals surface area contributed by atoms with E-state index in [0.717, 1.165) is 42.3 Å². The minimum absolute atomic E-state index is 0.276. The minimum Gasteiger partial charge on any atom is -0.374 e. The zero-order chi connectivity index (χ0) is 13.0. The lowest BCUT2D eigenvalue weighted by molar-refractivity contribution is -0.0291. The molecule has 0 saturated carbocycles. The van der Waals surface area contributed by atoms with Crippen LogP contribution in [0.15, 0.2) is 22.7 Å². The van der Waals surface area contributed by atoms with Crippen molar-refractivity contribution in [1.29, 1.82) is 0 Å².